The molecule has 18 heavy (non-hydrogen) atoms. The maximum absolute atomic E-state index is 4.44. The summed E-state index contributed by atoms with van der Waals surface area (Å²) in [5.41, 5.74) is 2.73. The van der Waals surface area contributed by atoms with Crippen LogP contribution in [0.4, 0.5) is 5.82 Å². The number of nitrogens with zero attached hydrogens (tertiary/aromatic N) is 3. The molecule has 2 aromatic rings. The fourth-order valence-corrected chi connectivity index (χ4v) is 3.04. The first-order chi connectivity index (χ1) is 8.78. The number of aryl methyl sites for hydroxylation is 1. The first-order valence-electron chi connectivity index (χ1n) is 6.78. The lowest BCUT2D eigenvalue weighted by atomic mass is 10.0. The molecule has 2 saturated carbocycles. The van der Waals surface area contributed by atoms with Gasteiger partial charge in [-0.05, 0) is 43.1 Å². The van der Waals surface area contributed by atoms with Crippen molar-refractivity contribution < 1.29 is 0 Å². The van der Waals surface area contributed by atoms with Gasteiger partial charge in [-0.1, -0.05) is 0 Å². The zero-order chi connectivity index (χ0) is 12.2. The predicted octanol–water partition coefficient (Wildman–Crippen LogP) is 2.57. The highest BCUT2D eigenvalue weighted by molar-refractivity contribution is 5.85. The van der Waals surface area contributed by atoms with E-state index in [1.54, 1.807) is 0 Å². The standard InChI is InChI=1S/C14H18N4/c1-18-9-17-12-11(18)4-7-15-13(12)16-8-14(5-6-14)10-2-3-10/h4,7,9-10H,2-3,5-6,8H2,1H3,(H,15,16). The van der Waals surface area contributed by atoms with Crippen molar-refractivity contribution in [3.8, 4) is 0 Å². The average Bonchev–Trinajstić information content (AvgIpc) is 3.26. The maximum atomic E-state index is 4.44. The highest BCUT2D eigenvalue weighted by Gasteiger charge is 2.53. The third-order valence-corrected chi connectivity index (χ3v) is 4.59. The molecule has 4 heteroatoms. The molecule has 1 N–H and O–H groups in total. The average molecular weight is 242 g/mol. The van der Waals surface area contributed by atoms with E-state index < -0.39 is 0 Å². The molecule has 0 unspecified atom stereocenters. The van der Waals surface area contributed by atoms with E-state index in [1.165, 1.54) is 25.7 Å². The van der Waals surface area contributed by atoms with Gasteiger partial charge in [-0.25, -0.2) is 9.97 Å². The van der Waals surface area contributed by atoms with Gasteiger partial charge in [0.2, 0.25) is 0 Å². The molecule has 0 bridgehead atoms. The highest BCUT2D eigenvalue weighted by Crippen LogP contribution is 2.61. The lowest BCUT2D eigenvalue weighted by Gasteiger charge is -2.15. The molecule has 2 aromatic heterocycles. The number of hydrogen-bond acceptors (Lipinski definition) is 3. The Hall–Kier alpha value is -1.58. The summed E-state index contributed by atoms with van der Waals surface area (Å²) in [7, 11) is 2.02. The number of imidazole rings is 1. The first-order valence-corrected chi connectivity index (χ1v) is 6.78. The Bertz CT molecular complexity index is 593. The molecule has 0 aliphatic heterocycles. The quantitative estimate of drug-likeness (QED) is 0.896. The van der Waals surface area contributed by atoms with Gasteiger partial charge in [-0.3, -0.25) is 0 Å². The fraction of sp³-hybridized carbons (Fsp3) is 0.571. The summed E-state index contributed by atoms with van der Waals surface area (Å²) >= 11 is 0. The monoisotopic (exact) mass is 242 g/mol. The van der Waals surface area contributed by atoms with E-state index in [2.05, 4.69) is 15.3 Å². The zero-order valence-electron chi connectivity index (χ0n) is 10.7. The van der Waals surface area contributed by atoms with Gasteiger partial charge in [0.05, 0.1) is 11.8 Å². The van der Waals surface area contributed by atoms with Gasteiger partial charge in [0.1, 0.15) is 5.52 Å². The third kappa shape index (κ3) is 1.51. The SMILES string of the molecule is Cn1cnc2c(NCC3(C4CC4)CC3)nccc21. The second-order valence-electron chi connectivity index (χ2n) is 5.87. The summed E-state index contributed by atoms with van der Waals surface area (Å²) < 4.78 is 2.04. The van der Waals surface area contributed by atoms with Crippen molar-refractivity contribution in [2.24, 2.45) is 18.4 Å². The summed E-state index contributed by atoms with van der Waals surface area (Å²) in [6.45, 7) is 1.07. The molecule has 0 saturated heterocycles. The van der Waals surface area contributed by atoms with Crippen LogP contribution in [0.1, 0.15) is 25.7 Å². The van der Waals surface area contributed by atoms with Gasteiger partial charge in [-0.15, -0.1) is 0 Å². The lowest BCUT2D eigenvalue weighted by Crippen LogP contribution is -2.18. The molecule has 4 rings (SSSR count). The van der Waals surface area contributed by atoms with Crippen LogP contribution in [-0.2, 0) is 7.05 Å². The number of hydrogen-bond donors (Lipinski definition) is 1. The topological polar surface area (TPSA) is 42.7 Å². The van der Waals surface area contributed by atoms with Crippen molar-refractivity contribution in [2.75, 3.05) is 11.9 Å². The van der Waals surface area contributed by atoms with Crippen molar-refractivity contribution in [3.63, 3.8) is 0 Å². The van der Waals surface area contributed by atoms with Gasteiger partial charge >= 0.3 is 0 Å². The van der Waals surface area contributed by atoms with Crippen molar-refractivity contribution in [2.45, 2.75) is 25.7 Å². The molecular formula is C14H18N4. The molecule has 0 amide bonds. The van der Waals surface area contributed by atoms with Crippen LogP contribution < -0.4 is 5.32 Å². The van der Waals surface area contributed by atoms with E-state index in [0.29, 0.717) is 5.41 Å². The van der Waals surface area contributed by atoms with Crippen LogP contribution in [0.15, 0.2) is 18.6 Å². The Labute approximate surface area is 106 Å². The lowest BCUT2D eigenvalue weighted by molar-refractivity contribution is 0.466. The van der Waals surface area contributed by atoms with Gasteiger partial charge < -0.3 is 9.88 Å². The van der Waals surface area contributed by atoms with Crippen molar-refractivity contribution in [1.29, 1.82) is 0 Å². The smallest absolute Gasteiger partial charge is 0.154 e. The van der Waals surface area contributed by atoms with Crippen LogP contribution in [0.25, 0.3) is 11.0 Å². The Morgan fingerprint density at radius 1 is 1.39 bits per heavy atom. The summed E-state index contributed by atoms with van der Waals surface area (Å²) in [6, 6.07) is 2.02. The fourth-order valence-electron chi connectivity index (χ4n) is 3.04. The van der Waals surface area contributed by atoms with Gasteiger partial charge in [-0.2, -0.15) is 0 Å². The molecular weight excluding hydrogens is 224 g/mol. The molecule has 2 fully saturated rings. The second kappa shape index (κ2) is 3.46. The van der Waals surface area contributed by atoms with Crippen LogP contribution in [0, 0.1) is 11.3 Å². The van der Waals surface area contributed by atoms with Crippen molar-refractivity contribution >= 4 is 16.9 Å². The molecule has 0 atom stereocenters. The van der Waals surface area contributed by atoms with Crippen LogP contribution in [-0.4, -0.2) is 21.1 Å². The van der Waals surface area contributed by atoms with E-state index in [4.69, 9.17) is 0 Å². The predicted molar refractivity (Wildman–Crippen MR) is 71.4 cm³/mol. The summed E-state index contributed by atoms with van der Waals surface area (Å²) in [5, 5.41) is 3.54. The second-order valence-corrected chi connectivity index (χ2v) is 5.87. The summed E-state index contributed by atoms with van der Waals surface area (Å²) in [5.74, 6) is 1.92. The number of aromatic nitrogens is 3. The van der Waals surface area contributed by atoms with Gasteiger partial charge in [0.25, 0.3) is 0 Å². The maximum Gasteiger partial charge on any atom is 0.154 e. The Balaban J connectivity index is 1.59. The van der Waals surface area contributed by atoms with E-state index in [9.17, 15) is 0 Å². The summed E-state index contributed by atoms with van der Waals surface area (Å²) in [4.78, 5) is 8.88. The Morgan fingerprint density at radius 3 is 2.94 bits per heavy atom. The van der Waals surface area contributed by atoms with Crippen molar-refractivity contribution in [1.82, 2.24) is 14.5 Å². The molecule has 4 nitrogen and oxygen atoms in total. The molecule has 0 spiro atoms. The minimum absolute atomic E-state index is 0.596. The third-order valence-electron chi connectivity index (χ3n) is 4.59. The number of rotatable bonds is 4. The molecule has 0 radical (unpaired) electrons. The van der Waals surface area contributed by atoms with E-state index in [1.807, 2.05) is 30.2 Å². The van der Waals surface area contributed by atoms with Gasteiger partial charge in [0.15, 0.2) is 5.82 Å². The number of fused-ring (bicyclic) bond motifs is 1. The minimum atomic E-state index is 0.596. The first kappa shape index (κ1) is 10.4. The minimum Gasteiger partial charge on any atom is -0.368 e. The largest absolute Gasteiger partial charge is 0.368 e. The Kier molecular flexibility index (Phi) is 1.99. The number of pyridine rings is 1. The number of nitrogens with one attached hydrogen (secondary N) is 1. The highest BCUT2D eigenvalue weighted by atomic mass is 15.1. The normalized spacial score (nSPS) is 21.2. The number of anilines is 1. The van der Waals surface area contributed by atoms with E-state index >= 15 is 0 Å². The molecule has 94 valence electrons. The Morgan fingerprint density at radius 2 is 2.22 bits per heavy atom. The molecule has 2 heterocycles. The molecule has 0 aromatic carbocycles. The van der Waals surface area contributed by atoms with Crippen LogP contribution in [0.5, 0.6) is 0 Å². The van der Waals surface area contributed by atoms with Crippen LogP contribution in [0.3, 0.4) is 0 Å². The van der Waals surface area contributed by atoms with Crippen LogP contribution >= 0.6 is 0 Å². The zero-order valence-corrected chi connectivity index (χ0v) is 10.7. The van der Waals surface area contributed by atoms with E-state index in [0.717, 1.165) is 29.3 Å². The van der Waals surface area contributed by atoms with Crippen LogP contribution in [0.2, 0.25) is 0 Å². The van der Waals surface area contributed by atoms with E-state index in [-0.39, 0.29) is 0 Å². The van der Waals surface area contributed by atoms with Crippen molar-refractivity contribution in [3.05, 3.63) is 18.6 Å². The summed E-state index contributed by atoms with van der Waals surface area (Å²) in [6.07, 6.45) is 9.37. The van der Waals surface area contributed by atoms with Gasteiger partial charge in [0, 0.05) is 19.8 Å². The molecule has 2 aliphatic rings. The molecule has 2 aliphatic carbocycles.